The quantitative estimate of drug-likeness (QED) is 0.669. The van der Waals surface area contributed by atoms with Crippen LogP contribution in [0.25, 0.3) is 0 Å². The zero-order chi connectivity index (χ0) is 12.1. The summed E-state index contributed by atoms with van der Waals surface area (Å²) in [6.45, 7) is 2.02. The van der Waals surface area contributed by atoms with Crippen LogP contribution in [0.1, 0.15) is 18.4 Å². The first-order chi connectivity index (χ1) is 8.31. The number of rotatable bonds is 5. The molecule has 2 rings (SSSR count). The average Bonchev–Trinajstić information content (AvgIpc) is 2.76. The standard InChI is InChI=1S/C13H14BrNO2/c1-2-3-4-5-15-8-10-6-12-13(7-11(10)14)17-9-16-12/h1,6-7,15H,3-5,8-9H2. The first-order valence-electron chi connectivity index (χ1n) is 5.53. The third-order valence-corrected chi connectivity index (χ3v) is 3.27. The lowest BCUT2D eigenvalue weighted by molar-refractivity contribution is 0.174. The molecule has 1 aliphatic rings. The molecule has 90 valence electrons. The van der Waals surface area contributed by atoms with Gasteiger partial charge in [-0.25, -0.2) is 0 Å². The van der Waals surface area contributed by atoms with Crippen LogP contribution in [0.5, 0.6) is 11.5 Å². The van der Waals surface area contributed by atoms with Gasteiger partial charge >= 0.3 is 0 Å². The number of halogens is 1. The molecule has 0 bridgehead atoms. The van der Waals surface area contributed by atoms with Crippen molar-refractivity contribution in [3.8, 4) is 23.8 Å². The van der Waals surface area contributed by atoms with Crippen molar-refractivity contribution in [3.63, 3.8) is 0 Å². The van der Waals surface area contributed by atoms with Crippen LogP contribution >= 0.6 is 15.9 Å². The number of benzene rings is 1. The molecule has 1 aliphatic heterocycles. The van der Waals surface area contributed by atoms with Crippen LogP contribution in [-0.4, -0.2) is 13.3 Å². The zero-order valence-corrected chi connectivity index (χ0v) is 11.0. The highest BCUT2D eigenvalue weighted by Gasteiger charge is 2.15. The number of terminal acetylenes is 1. The van der Waals surface area contributed by atoms with Gasteiger partial charge in [-0.05, 0) is 30.7 Å². The molecule has 4 heteroatoms. The predicted molar refractivity (Wildman–Crippen MR) is 70.0 cm³/mol. The van der Waals surface area contributed by atoms with Gasteiger partial charge in [-0.3, -0.25) is 0 Å². The lowest BCUT2D eigenvalue weighted by Gasteiger charge is -2.07. The molecule has 1 aromatic rings. The summed E-state index contributed by atoms with van der Waals surface area (Å²) in [7, 11) is 0. The second-order valence-electron chi connectivity index (χ2n) is 3.78. The highest BCUT2D eigenvalue weighted by molar-refractivity contribution is 9.10. The second-order valence-corrected chi connectivity index (χ2v) is 4.64. The van der Waals surface area contributed by atoms with E-state index in [9.17, 15) is 0 Å². The van der Waals surface area contributed by atoms with Crippen molar-refractivity contribution in [2.24, 2.45) is 0 Å². The molecular formula is C13H14BrNO2. The molecule has 0 aromatic heterocycles. The lowest BCUT2D eigenvalue weighted by Crippen LogP contribution is -2.14. The number of fused-ring (bicyclic) bond motifs is 1. The minimum Gasteiger partial charge on any atom is -0.454 e. The van der Waals surface area contributed by atoms with Gasteiger partial charge in [-0.1, -0.05) is 15.9 Å². The molecule has 0 atom stereocenters. The Balaban J connectivity index is 1.90. The van der Waals surface area contributed by atoms with E-state index in [1.54, 1.807) is 0 Å². The van der Waals surface area contributed by atoms with Gasteiger partial charge in [0.25, 0.3) is 0 Å². The number of hydrogen-bond acceptors (Lipinski definition) is 3. The van der Waals surface area contributed by atoms with Gasteiger partial charge in [0, 0.05) is 17.4 Å². The number of unbranched alkanes of at least 4 members (excludes halogenated alkanes) is 1. The fraction of sp³-hybridized carbons (Fsp3) is 0.385. The van der Waals surface area contributed by atoms with Gasteiger partial charge in [0.1, 0.15) is 0 Å². The third-order valence-electron chi connectivity index (χ3n) is 2.53. The minimum absolute atomic E-state index is 0.306. The van der Waals surface area contributed by atoms with Gasteiger partial charge in [0.05, 0.1) is 0 Å². The number of hydrogen-bond donors (Lipinski definition) is 1. The van der Waals surface area contributed by atoms with E-state index >= 15 is 0 Å². The van der Waals surface area contributed by atoms with Crippen LogP contribution in [0.2, 0.25) is 0 Å². The molecule has 1 N–H and O–H groups in total. The Morgan fingerprint density at radius 2 is 2.12 bits per heavy atom. The molecule has 0 radical (unpaired) electrons. The normalized spacial score (nSPS) is 12.5. The van der Waals surface area contributed by atoms with Crippen molar-refractivity contribution in [3.05, 3.63) is 22.2 Å². The van der Waals surface area contributed by atoms with E-state index in [4.69, 9.17) is 15.9 Å². The van der Waals surface area contributed by atoms with Crippen LogP contribution in [-0.2, 0) is 6.54 Å². The van der Waals surface area contributed by atoms with Crippen LogP contribution in [0.4, 0.5) is 0 Å². The first kappa shape index (κ1) is 12.3. The summed E-state index contributed by atoms with van der Waals surface area (Å²) in [6, 6.07) is 3.95. The molecule has 0 spiro atoms. The summed E-state index contributed by atoms with van der Waals surface area (Å²) in [5, 5.41) is 3.35. The Kier molecular flexibility index (Phi) is 4.29. The Morgan fingerprint density at radius 1 is 1.35 bits per heavy atom. The zero-order valence-electron chi connectivity index (χ0n) is 9.46. The third kappa shape index (κ3) is 3.15. The van der Waals surface area contributed by atoms with Gasteiger partial charge < -0.3 is 14.8 Å². The molecular weight excluding hydrogens is 282 g/mol. The molecule has 17 heavy (non-hydrogen) atoms. The number of nitrogens with one attached hydrogen (secondary N) is 1. The van der Waals surface area contributed by atoms with Crippen molar-refractivity contribution >= 4 is 15.9 Å². The summed E-state index contributed by atoms with van der Waals surface area (Å²) in [6.07, 6.45) is 7.01. The van der Waals surface area contributed by atoms with Crippen LogP contribution in [0.15, 0.2) is 16.6 Å². The molecule has 3 nitrogen and oxygen atoms in total. The van der Waals surface area contributed by atoms with Crippen LogP contribution < -0.4 is 14.8 Å². The second kappa shape index (κ2) is 5.95. The molecule has 0 fully saturated rings. The van der Waals surface area contributed by atoms with Crippen molar-refractivity contribution < 1.29 is 9.47 Å². The molecule has 0 saturated carbocycles. The van der Waals surface area contributed by atoms with E-state index in [-0.39, 0.29) is 0 Å². The van der Waals surface area contributed by atoms with Gasteiger partial charge in [-0.15, -0.1) is 12.3 Å². The topological polar surface area (TPSA) is 30.5 Å². The Hall–Kier alpha value is -1.18. The monoisotopic (exact) mass is 295 g/mol. The van der Waals surface area contributed by atoms with E-state index in [0.29, 0.717) is 6.79 Å². The van der Waals surface area contributed by atoms with Gasteiger partial charge in [-0.2, -0.15) is 0 Å². The fourth-order valence-electron chi connectivity index (χ4n) is 1.63. The highest BCUT2D eigenvalue weighted by atomic mass is 79.9. The smallest absolute Gasteiger partial charge is 0.231 e. The summed E-state index contributed by atoms with van der Waals surface area (Å²) < 4.78 is 11.7. The molecule has 0 amide bonds. The predicted octanol–water partition coefficient (Wildman–Crippen LogP) is 2.68. The molecule has 0 aliphatic carbocycles. The fourth-order valence-corrected chi connectivity index (χ4v) is 2.10. The van der Waals surface area contributed by atoms with E-state index in [0.717, 1.165) is 47.5 Å². The summed E-state index contributed by atoms with van der Waals surface area (Å²) in [4.78, 5) is 0. The van der Waals surface area contributed by atoms with Gasteiger partial charge in [0.15, 0.2) is 11.5 Å². The summed E-state index contributed by atoms with van der Waals surface area (Å²) in [5.74, 6) is 4.24. The molecule has 1 heterocycles. The van der Waals surface area contributed by atoms with Gasteiger partial charge in [0.2, 0.25) is 6.79 Å². The Morgan fingerprint density at radius 3 is 2.88 bits per heavy atom. The molecule has 1 aromatic carbocycles. The highest BCUT2D eigenvalue weighted by Crippen LogP contribution is 2.36. The van der Waals surface area contributed by atoms with Crippen molar-refractivity contribution in [1.82, 2.24) is 5.32 Å². The maximum atomic E-state index is 5.34. The van der Waals surface area contributed by atoms with Crippen molar-refractivity contribution in [2.75, 3.05) is 13.3 Å². The van der Waals surface area contributed by atoms with Crippen LogP contribution in [0, 0.1) is 12.3 Å². The summed E-state index contributed by atoms with van der Waals surface area (Å²) in [5.41, 5.74) is 1.16. The lowest BCUT2D eigenvalue weighted by atomic mass is 10.2. The molecule has 0 saturated heterocycles. The maximum Gasteiger partial charge on any atom is 0.231 e. The minimum atomic E-state index is 0.306. The van der Waals surface area contributed by atoms with E-state index in [2.05, 4.69) is 27.2 Å². The van der Waals surface area contributed by atoms with E-state index < -0.39 is 0 Å². The largest absolute Gasteiger partial charge is 0.454 e. The van der Waals surface area contributed by atoms with Crippen LogP contribution in [0.3, 0.4) is 0 Å². The number of ether oxygens (including phenoxy) is 2. The van der Waals surface area contributed by atoms with Crippen molar-refractivity contribution in [1.29, 1.82) is 0 Å². The van der Waals surface area contributed by atoms with E-state index in [1.165, 1.54) is 0 Å². The van der Waals surface area contributed by atoms with Crippen molar-refractivity contribution in [2.45, 2.75) is 19.4 Å². The first-order valence-corrected chi connectivity index (χ1v) is 6.33. The summed E-state index contributed by atoms with van der Waals surface area (Å²) >= 11 is 3.52. The average molecular weight is 296 g/mol. The SMILES string of the molecule is C#CCCCNCc1cc2c(cc1Br)OCO2. The Bertz CT molecular complexity index is 440. The Labute approximate surface area is 110 Å². The maximum absolute atomic E-state index is 5.34. The van der Waals surface area contributed by atoms with E-state index in [1.807, 2.05) is 12.1 Å². The molecule has 0 unspecified atom stereocenters.